The maximum absolute atomic E-state index is 13.4. The molecule has 114 valence electrons. The zero-order valence-corrected chi connectivity index (χ0v) is 12.3. The number of aliphatic hydroxyl groups excluding tert-OH is 1. The smallest absolute Gasteiger partial charge is 0.123 e. The summed E-state index contributed by atoms with van der Waals surface area (Å²) in [5.41, 5.74) is 1.78. The Hall–Kier alpha value is -1.92. The molecule has 0 spiro atoms. The van der Waals surface area contributed by atoms with Crippen molar-refractivity contribution in [2.24, 2.45) is 7.05 Å². The van der Waals surface area contributed by atoms with E-state index in [0.29, 0.717) is 25.4 Å². The van der Waals surface area contributed by atoms with Crippen LogP contribution < -0.4 is 4.74 Å². The summed E-state index contributed by atoms with van der Waals surface area (Å²) in [5.74, 6) is 0.347. The maximum atomic E-state index is 13.4. The largest absolute Gasteiger partial charge is 0.496 e. The normalized spacial score (nSPS) is 11.1. The number of aryl methyl sites for hydroxylation is 1. The third kappa shape index (κ3) is 4.03. The predicted molar refractivity (Wildman–Crippen MR) is 77.4 cm³/mol. The lowest BCUT2D eigenvalue weighted by Gasteiger charge is -2.22. The first-order chi connectivity index (χ1) is 10.1. The molecule has 0 aliphatic heterocycles. The van der Waals surface area contributed by atoms with Crippen LogP contribution in [0.15, 0.2) is 30.7 Å². The quantitative estimate of drug-likeness (QED) is 0.842. The Balaban J connectivity index is 2.16. The monoisotopic (exact) mass is 293 g/mol. The number of hydrogen-bond acceptors (Lipinski definition) is 4. The minimum absolute atomic E-state index is 0.0372. The number of rotatable bonds is 7. The van der Waals surface area contributed by atoms with Crippen LogP contribution in [0.4, 0.5) is 4.39 Å². The van der Waals surface area contributed by atoms with Crippen molar-refractivity contribution in [3.63, 3.8) is 0 Å². The van der Waals surface area contributed by atoms with Gasteiger partial charge in [0.2, 0.25) is 0 Å². The number of aromatic nitrogens is 2. The van der Waals surface area contributed by atoms with Crippen LogP contribution >= 0.6 is 0 Å². The molecule has 0 saturated heterocycles. The highest BCUT2D eigenvalue weighted by atomic mass is 19.1. The van der Waals surface area contributed by atoms with Crippen LogP contribution in [0.5, 0.6) is 5.75 Å². The maximum Gasteiger partial charge on any atom is 0.123 e. The number of imidazole rings is 1. The summed E-state index contributed by atoms with van der Waals surface area (Å²) < 4.78 is 20.6. The lowest BCUT2D eigenvalue weighted by Crippen LogP contribution is -2.27. The Morgan fingerprint density at radius 2 is 2.19 bits per heavy atom. The van der Waals surface area contributed by atoms with Gasteiger partial charge in [0, 0.05) is 38.4 Å². The molecule has 0 aliphatic carbocycles. The molecule has 0 aliphatic rings. The summed E-state index contributed by atoms with van der Waals surface area (Å²) in [7, 11) is 3.48. The van der Waals surface area contributed by atoms with Gasteiger partial charge >= 0.3 is 0 Å². The Morgan fingerprint density at radius 1 is 1.38 bits per heavy atom. The van der Waals surface area contributed by atoms with Gasteiger partial charge in [0.05, 0.1) is 25.7 Å². The fourth-order valence-electron chi connectivity index (χ4n) is 2.23. The Labute approximate surface area is 123 Å². The second-order valence-electron chi connectivity index (χ2n) is 4.89. The molecule has 1 aromatic heterocycles. The Morgan fingerprint density at radius 3 is 2.81 bits per heavy atom. The van der Waals surface area contributed by atoms with Crippen molar-refractivity contribution in [3.05, 3.63) is 47.8 Å². The molecule has 1 heterocycles. The minimum Gasteiger partial charge on any atom is -0.496 e. The van der Waals surface area contributed by atoms with Crippen LogP contribution in [-0.4, -0.2) is 39.8 Å². The molecule has 6 heteroatoms. The van der Waals surface area contributed by atoms with Crippen LogP contribution in [0, 0.1) is 5.82 Å². The first-order valence-electron chi connectivity index (χ1n) is 6.75. The zero-order valence-electron chi connectivity index (χ0n) is 12.3. The summed E-state index contributed by atoms with van der Waals surface area (Å²) in [6.07, 6.45) is 3.52. The lowest BCUT2D eigenvalue weighted by molar-refractivity contribution is 0.180. The van der Waals surface area contributed by atoms with Gasteiger partial charge in [-0.2, -0.15) is 0 Å². The van der Waals surface area contributed by atoms with E-state index in [-0.39, 0.29) is 12.4 Å². The van der Waals surface area contributed by atoms with Crippen molar-refractivity contribution in [3.8, 4) is 5.75 Å². The van der Waals surface area contributed by atoms with Crippen molar-refractivity contribution in [2.45, 2.75) is 13.1 Å². The van der Waals surface area contributed by atoms with Gasteiger partial charge in [0.15, 0.2) is 0 Å². The highest BCUT2D eigenvalue weighted by Crippen LogP contribution is 2.21. The Kier molecular flexibility index (Phi) is 5.30. The molecule has 1 aromatic carbocycles. The number of halogens is 1. The van der Waals surface area contributed by atoms with Crippen LogP contribution in [-0.2, 0) is 20.1 Å². The standard InChI is InChI=1S/C15H20FN3O2/c1-18-11-17-8-14(18)10-19(5-6-20)9-12-7-13(16)3-4-15(12)21-2/h3-4,7-8,11,20H,5-6,9-10H2,1-2H3. The molecular formula is C15H20FN3O2. The van der Waals surface area contributed by atoms with Crippen LogP contribution in [0.1, 0.15) is 11.3 Å². The average Bonchev–Trinajstić information content (AvgIpc) is 2.85. The molecule has 1 N–H and O–H groups in total. The van der Waals surface area contributed by atoms with Crippen molar-refractivity contribution in [1.29, 1.82) is 0 Å². The van der Waals surface area contributed by atoms with E-state index in [1.807, 2.05) is 16.5 Å². The number of benzene rings is 1. The van der Waals surface area contributed by atoms with Crippen molar-refractivity contribution < 1.29 is 14.2 Å². The van der Waals surface area contributed by atoms with E-state index in [1.54, 1.807) is 25.7 Å². The molecule has 0 bridgehead atoms. The van der Waals surface area contributed by atoms with Gasteiger partial charge in [-0.25, -0.2) is 9.37 Å². The summed E-state index contributed by atoms with van der Waals surface area (Å²) in [6.45, 7) is 1.64. The molecule has 0 saturated carbocycles. The molecule has 2 aromatic rings. The van der Waals surface area contributed by atoms with Gasteiger partial charge in [-0.15, -0.1) is 0 Å². The molecule has 0 radical (unpaired) electrons. The van der Waals surface area contributed by atoms with Crippen molar-refractivity contribution in [1.82, 2.24) is 14.5 Å². The van der Waals surface area contributed by atoms with E-state index in [9.17, 15) is 9.50 Å². The summed E-state index contributed by atoms with van der Waals surface area (Å²) in [5, 5.41) is 9.22. The summed E-state index contributed by atoms with van der Waals surface area (Å²) >= 11 is 0. The average molecular weight is 293 g/mol. The lowest BCUT2D eigenvalue weighted by atomic mass is 10.1. The van der Waals surface area contributed by atoms with E-state index in [4.69, 9.17) is 4.74 Å². The SMILES string of the molecule is COc1ccc(F)cc1CN(CCO)Cc1cncn1C. The number of aliphatic hydroxyl groups is 1. The highest BCUT2D eigenvalue weighted by Gasteiger charge is 2.12. The first-order valence-corrected chi connectivity index (χ1v) is 6.75. The molecule has 5 nitrogen and oxygen atoms in total. The topological polar surface area (TPSA) is 50.5 Å². The van der Waals surface area contributed by atoms with Crippen LogP contribution in [0.2, 0.25) is 0 Å². The number of nitrogens with zero attached hydrogens (tertiary/aromatic N) is 3. The first kappa shape index (κ1) is 15.5. The third-order valence-corrected chi connectivity index (χ3v) is 3.35. The number of hydrogen-bond donors (Lipinski definition) is 1. The number of ether oxygens (including phenoxy) is 1. The molecule has 0 atom stereocenters. The van der Waals surface area contributed by atoms with Gasteiger partial charge in [0.25, 0.3) is 0 Å². The van der Waals surface area contributed by atoms with Gasteiger partial charge in [-0.3, -0.25) is 4.90 Å². The fourth-order valence-corrected chi connectivity index (χ4v) is 2.23. The number of methoxy groups -OCH3 is 1. The highest BCUT2D eigenvalue weighted by molar-refractivity contribution is 5.33. The van der Waals surface area contributed by atoms with Crippen LogP contribution in [0.25, 0.3) is 0 Å². The molecule has 0 unspecified atom stereocenters. The fraction of sp³-hybridized carbons (Fsp3) is 0.400. The molecule has 2 rings (SSSR count). The zero-order chi connectivity index (χ0) is 15.2. The van der Waals surface area contributed by atoms with Crippen molar-refractivity contribution >= 4 is 0 Å². The predicted octanol–water partition coefficient (Wildman–Crippen LogP) is 1.56. The summed E-state index contributed by atoms with van der Waals surface area (Å²) in [6, 6.07) is 4.46. The second kappa shape index (κ2) is 7.19. The summed E-state index contributed by atoms with van der Waals surface area (Å²) in [4.78, 5) is 6.10. The van der Waals surface area contributed by atoms with E-state index < -0.39 is 0 Å². The molecule has 0 amide bonds. The van der Waals surface area contributed by atoms with Gasteiger partial charge < -0.3 is 14.4 Å². The van der Waals surface area contributed by atoms with Gasteiger partial charge in [-0.05, 0) is 18.2 Å². The van der Waals surface area contributed by atoms with Gasteiger partial charge in [0.1, 0.15) is 11.6 Å². The van der Waals surface area contributed by atoms with E-state index in [0.717, 1.165) is 11.3 Å². The van der Waals surface area contributed by atoms with Crippen molar-refractivity contribution in [2.75, 3.05) is 20.3 Å². The molecule has 0 fully saturated rings. The van der Waals surface area contributed by atoms with E-state index in [2.05, 4.69) is 4.98 Å². The second-order valence-corrected chi connectivity index (χ2v) is 4.89. The molecule has 21 heavy (non-hydrogen) atoms. The third-order valence-electron chi connectivity index (χ3n) is 3.35. The molecular weight excluding hydrogens is 273 g/mol. The van der Waals surface area contributed by atoms with Crippen LogP contribution in [0.3, 0.4) is 0 Å². The minimum atomic E-state index is -0.296. The van der Waals surface area contributed by atoms with Gasteiger partial charge in [-0.1, -0.05) is 0 Å². The van der Waals surface area contributed by atoms with E-state index in [1.165, 1.54) is 12.1 Å². The Bertz CT molecular complexity index is 586. The van der Waals surface area contributed by atoms with E-state index >= 15 is 0 Å².